The van der Waals surface area contributed by atoms with E-state index in [2.05, 4.69) is 249 Å². The smallest absolute Gasteiger partial charge is 0.252 e. The third-order valence-corrected chi connectivity index (χ3v) is 14.8. The van der Waals surface area contributed by atoms with E-state index in [-0.39, 0.29) is 17.5 Å². The van der Waals surface area contributed by atoms with Crippen LogP contribution >= 0.6 is 0 Å². The molecule has 0 fully saturated rings. The molecule has 0 saturated heterocycles. The van der Waals surface area contributed by atoms with E-state index in [1.807, 2.05) is 0 Å². The number of rotatable bonds is 5. The molecule has 4 heteroatoms. The molecule has 0 amide bonds. The third kappa shape index (κ3) is 5.00. The van der Waals surface area contributed by atoms with E-state index in [1.54, 1.807) is 0 Å². The maximum absolute atomic E-state index is 2.61. The van der Waals surface area contributed by atoms with E-state index in [0.29, 0.717) is 0 Å². The molecule has 0 unspecified atom stereocenters. The van der Waals surface area contributed by atoms with Crippen molar-refractivity contribution in [3.8, 4) is 22.3 Å². The molecule has 2 aliphatic carbocycles. The second-order valence-electron chi connectivity index (χ2n) is 18.9. The van der Waals surface area contributed by atoms with Gasteiger partial charge in [0.25, 0.3) is 6.71 Å². The van der Waals surface area contributed by atoms with Crippen LogP contribution in [0.4, 0.5) is 51.2 Å². The summed E-state index contributed by atoms with van der Waals surface area (Å²) in [5.74, 6) is 0. The Morgan fingerprint density at radius 3 is 1.34 bits per heavy atom. The molecule has 4 aliphatic rings. The lowest BCUT2D eigenvalue weighted by Gasteiger charge is -2.45. The number of fused-ring (bicyclic) bond motifs is 10. The minimum atomic E-state index is -0.147. The molecular weight excluding hydrogens is 773 g/mol. The van der Waals surface area contributed by atoms with E-state index in [0.717, 1.165) is 17.1 Å². The van der Waals surface area contributed by atoms with Gasteiger partial charge in [0.15, 0.2) is 0 Å². The Bertz CT molecular complexity index is 3330. The maximum atomic E-state index is 2.61. The zero-order valence-corrected chi connectivity index (χ0v) is 36.5. The van der Waals surface area contributed by atoms with Gasteiger partial charge in [-0.2, -0.15) is 0 Å². The summed E-state index contributed by atoms with van der Waals surface area (Å²) in [5, 5.41) is 0. The molecule has 0 spiro atoms. The van der Waals surface area contributed by atoms with Crippen molar-refractivity contribution in [2.75, 3.05) is 14.7 Å². The predicted octanol–water partition coefficient (Wildman–Crippen LogP) is 13.9. The summed E-state index contributed by atoms with van der Waals surface area (Å²) in [7, 11) is 0. The number of nitrogens with zero attached hydrogens (tertiary/aromatic N) is 3. The molecule has 2 heterocycles. The standard InChI is InChI=1S/C60H46BN3/c1-59(2)44-26-13-11-24-42(44)56-46(59)28-17-32-51(56)63-50-31-16-15-30-48(50)61-49-37-36-41(62(39-20-7-5-8-21-39)40-22-9-6-10-23-40)38-55(49)64(54-35-19-34-53(63)58(54)61)52-33-18-29-47-57(52)43-25-12-14-27-45(43)60(47,3)4/h5-38H,1-4H3. The summed E-state index contributed by atoms with van der Waals surface area (Å²) >= 11 is 0. The fraction of sp³-hybridized carbons (Fsp3) is 0.100. The van der Waals surface area contributed by atoms with Crippen LogP contribution in [0.25, 0.3) is 22.3 Å². The van der Waals surface area contributed by atoms with Crippen molar-refractivity contribution in [1.29, 1.82) is 0 Å². The van der Waals surface area contributed by atoms with Crippen LogP contribution in [0, 0.1) is 0 Å². The molecule has 0 saturated carbocycles. The van der Waals surface area contributed by atoms with Gasteiger partial charge < -0.3 is 14.7 Å². The van der Waals surface area contributed by atoms with Gasteiger partial charge >= 0.3 is 0 Å². The molecule has 0 N–H and O–H groups in total. The molecule has 13 rings (SSSR count). The fourth-order valence-corrected chi connectivity index (χ4v) is 12.0. The Morgan fingerprint density at radius 1 is 0.344 bits per heavy atom. The number of para-hydroxylation sites is 3. The summed E-state index contributed by atoms with van der Waals surface area (Å²) in [6.07, 6.45) is 0. The molecule has 2 aliphatic heterocycles. The lowest BCUT2D eigenvalue weighted by molar-refractivity contribution is 0.660. The van der Waals surface area contributed by atoms with Gasteiger partial charge in [-0.1, -0.05) is 167 Å². The van der Waals surface area contributed by atoms with Crippen molar-refractivity contribution in [2.24, 2.45) is 0 Å². The van der Waals surface area contributed by atoms with Gasteiger partial charge in [0, 0.05) is 61.8 Å². The minimum Gasteiger partial charge on any atom is -0.311 e. The Kier molecular flexibility index (Phi) is 7.80. The zero-order valence-electron chi connectivity index (χ0n) is 36.5. The Labute approximate surface area is 376 Å². The van der Waals surface area contributed by atoms with Crippen molar-refractivity contribution in [3.63, 3.8) is 0 Å². The topological polar surface area (TPSA) is 9.72 Å². The molecule has 0 atom stereocenters. The molecule has 9 aromatic rings. The van der Waals surface area contributed by atoms with Gasteiger partial charge in [0.2, 0.25) is 0 Å². The Morgan fingerprint density at radius 2 is 0.766 bits per heavy atom. The van der Waals surface area contributed by atoms with E-state index in [4.69, 9.17) is 0 Å². The molecule has 9 aromatic carbocycles. The van der Waals surface area contributed by atoms with Crippen LogP contribution in [-0.2, 0) is 10.8 Å². The van der Waals surface area contributed by atoms with Crippen molar-refractivity contribution < 1.29 is 0 Å². The average molecular weight is 820 g/mol. The lowest BCUT2D eigenvalue weighted by atomic mass is 9.33. The predicted molar refractivity (Wildman–Crippen MR) is 270 cm³/mol. The van der Waals surface area contributed by atoms with E-state index in [9.17, 15) is 0 Å². The lowest BCUT2D eigenvalue weighted by Crippen LogP contribution is -2.61. The van der Waals surface area contributed by atoms with Crippen molar-refractivity contribution in [2.45, 2.75) is 38.5 Å². The third-order valence-electron chi connectivity index (χ3n) is 14.8. The number of anilines is 9. The molecule has 0 radical (unpaired) electrons. The zero-order chi connectivity index (χ0) is 42.9. The second kappa shape index (κ2) is 13.5. The highest BCUT2D eigenvalue weighted by atomic mass is 15.2. The van der Waals surface area contributed by atoms with Crippen molar-refractivity contribution in [1.82, 2.24) is 0 Å². The highest BCUT2D eigenvalue weighted by molar-refractivity contribution is 7.00. The van der Waals surface area contributed by atoms with Crippen LogP contribution in [-0.4, -0.2) is 6.71 Å². The highest BCUT2D eigenvalue weighted by Gasteiger charge is 2.46. The summed E-state index contributed by atoms with van der Waals surface area (Å²) in [5.41, 5.74) is 25.1. The summed E-state index contributed by atoms with van der Waals surface area (Å²) in [6, 6.07) is 77.0. The number of hydrogen-bond donors (Lipinski definition) is 0. The van der Waals surface area contributed by atoms with E-state index in [1.165, 1.54) is 95.0 Å². The molecule has 3 nitrogen and oxygen atoms in total. The highest BCUT2D eigenvalue weighted by Crippen LogP contribution is 2.57. The van der Waals surface area contributed by atoms with Gasteiger partial charge in [-0.05, 0) is 116 Å². The Hall–Kier alpha value is -7.56. The van der Waals surface area contributed by atoms with E-state index >= 15 is 0 Å². The first-order chi connectivity index (χ1) is 31.3. The van der Waals surface area contributed by atoms with Crippen LogP contribution in [0.2, 0.25) is 0 Å². The second-order valence-corrected chi connectivity index (χ2v) is 18.9. The first-order valence-corrected chi connectivity index (χ1v) is 22.7. The van der Waals surface area contributed by atoms with Crippen LogP contribution in [0.5, 0.6) is 0 Å². The SMILES string of the molecule is CC1(C)c2ccccc2-c2c(N3c4ccccc4B4c5ccc(N(c6ccccc6)c6ccccc6)cc5N(c5cccc6c5-c5ccccc5C6(C)C)c5cccc3c54)cccc21. The first-order valence-electron chi connectivity index (χ1n) is 22.7. The fourth-order valence-electron chi connectivity index (χ4n) is 12.0. The largest absolute Gasteiger partial charge is 0.311 e. The Balaban J connectivity index is 1.11. The molecule has 64 heavy (non-hydrogen) atoms. The van der Waals surface area contributed by atoms with Crippen molar-refractivity contribution in [3.05, 3.63) is 229 Å². The van der Waals surface area contributed by atoms with Gasteiger partial charge in [-0.15, -0.1) is 0 Å². The molecule has 0 aromatic heterocycles. The number of hydrogen-bond acceptors (Lipinski definition) is 3. The quantitative estimate of drug-likeness (QED) is 0.160. The van der Waals surface area contributed by atoms with Gasteiger partial charge in [0.1, 0.15) is 0 Å². The van der Waals surface area contributed by atoms with Crippen LogP contribution in [0.3, 0.4) is 0 Å². The summed E-state index contributed by atoms with van der Waals surface area (Å²) in [4.78, 5) is 7.59. The van der Waals surface area contributed by atoms with Crippen LogP contribution in [0.15, 0.2) is 206 Å². The van der Waals surface area contributed by atoms with Crippen LogP contribution < -0.4 is 31.1 Å². The van der Waals surface area contributed by atoms with Gasteiger partial charge in [-0.25, -0.2) is 0 Å². The summed E-state index contributed by atoms with van der Waals surface area (Å²) < 4.78 is 0. The maximum Gasteiger partial charge on any atom is 0.252 e. The molecule has 0 bridgehead atoms. The molecular formula is C60H46BN3. The van der Waals surface area contributed by atoms with Gasteiger partial charge in [0.05, 0.1) is 11.4 Å². The van der Waals surface area contributed by atoms with E-state index < -0.39 is 0 Å². The van der Waals surface area contributed by atoms with Crippen molar-refractivity contribution >= 4 is 74.3 Å². The monoisotopic (exact) mass is 819 g/mol. The minimum absolute atomic E-state index is 0.00169. The normalized spacial score (nSPS) is 15.0. The number of benzene rings is 9. The summed E-state index contributed by atoms with van der Waals surface area (Å²) in [6.45, 7) is 9.53. The molecule has 304 valence electrons. The first kappa shape index (κ1) is 37.0. The van der Waals surface area contributed by atoms with Gasteiger partial charge in [-0.3, -0.25) is 0 Å². The average Bonchev–Trinajstić information content (AvgIpc) is 3.72. The van der Waals surface area contributed by atoms with Crippen LogP contribution in [0.1, 0.15) is 49.9 Å².